The molecule has 2 aromatic rings. The highest BCUT2D eigenvalue weighted by atomic mass is 32.1. The lowest BCUT2D eigenvalue weighted by molar-refractivity contribution is 0.747. The third kappa shape index (κ3) is 2.41. The van der Waals surface area contributed by atoms with Crippen molar-refractivity contribution in [1.82, 2.24) is 14.8 Å². The minimum atomic E-state index is 0.686. The molecule has 0 saturated heterocycles. The highest BCUT2D eigenvalue weighted by Crippen LogP contribution is 2.23. The van der Waals surface area contributed by atoms with E-state index in [1.54, 1.807) is 16.0 Å². The summed E-state index contributed by atoms with van der Waals surface area (Å²) in [6.45, 7) is 4.73. The van der Waals surface area contributed by atoms with E-state index in [9.17, 15) is 0 Å². The fraction of sp³-hybridized carbons (Fsp3) is 0.455. The Hall–Kier alpha value is -1.56. The predicted octanol–water partition coefficient (Wildman–Crippen LogP) is 1.94. The fourth-order valence-corrected chi connectivity index (χ4v) is 2.42. The number of nitrogens with one attached hydrogen (secondary N) is 1. The minimum absolute atomic E-state index is 0.686. The highest BCUT2D eigenvalue weighted by Gasteiger charge is 2.11. The van der Waals surface area contributed by atoms with Crippen LogP contribution in [0.5, 0.6) is 0 Å². The van der Waals surface area contributed by atoms with Crippen LogP contribution >= 0.6 is 11.3 Å². The third-order valence-electron chi connectivity index (χ3n) is 2.57. The van der Waals surface area contributed by atoms with Crippen LogP contribution in [0.1, 0.15) is 23.3 Å². The van der Waals surface area contributed by atoms with Crippen LogP contribution in [0.15, 0.2) is 5.38 Å². The average molecular weight is 251 g/mol. The van der Waals surface area contributed by atoms with Crippen molar-refractivity contribution in [3.63, 3.8) is 0 Å². The zero-order valence-corrected chi connectivity index (χ0v) is 11.1. The van der Waals surface area contributed by atoms with Crippen LogP contribution in [0.4, 0.5) is 11.5 Å². The first-order valence-electron chi connectivity index (χ1n) is 5.58. The highest BCUT2D eigenvalue weighted by molar-refractivity contribution is 7.09. The Morgan fingerprint density at radius 2 is 2.29 bits per heavy atom. The van der Waals surface area contributed by atoms with Gasteiger partial charge in [0.1, 0.15) is 10.8 Å². The Kier molecular flexibility index (Phi) is 3.33. The largest absolute Gasteiger partial charge is 0.394 e. The zero-order chi connectivity index (χ0) is 12.4. The molecule has 0 amide bonds. The number of nitrogens with two attached hydrogens (primary N) is 1. The molecule has 17 heavy (non-hydrogen) atoms. The summed E-state index contributed by atoms with van der Waals surface area (Å²) in [5.74, 6) is 0.870. The number of hydrogen-bond acceptors (Lipinski definition) is 5. The maximum absolute atomic E-state index is 6.02. The molecule has 2 aromatic heterocycles. The number of aryl methyl sites for hydroxylation is 3. The second-order valence-corrected chi connectivity index (χ2v) is 4.86. The summed E-state index contributed by atoms with van der Waals surface area (Å²) in [6, 6.07) is 0. The van der Waals surface area contributed by atoms with Crippen LogP contribution in [-0.2, 0) is 20.0 Å². The summed E-state index contributed by atoms with van der Waals surface area (Å²) in [5, 5.41) is 10.7. The van der Waals surface area contributed by atoms with Crippen molar-refractivity contribution in [2.75, 3.05) is 11.1 Å². The molecule has 0 aliphatic heterocycles. The van der Waals surface area contributed by atoms with E-state index in [1.807, 2.05) is 26.3 Å². The van der Waals surface area contributed by atoms with E-state index in [2.05, 4.69) is 15.4 Å². The van der Waals surface area contributed by atoms with Crippen molar-refractivity contribution in [3.05, 3.63) is 21.8 Å². The normalized spacial score (nSPS) is 10.8. The molecule has 0 bridgehead atoms. The lowest BCUT2D eigenvalue weighted by atomic mass is 10.3. The van der Waals surface area contributed by atoms with Gasteiger partial charge in [0.05, 0.1) is 17.9 Å². The van der Waals surface area contributed by atoms with Gasteiger partial charge in [0, 0.05) is 18.1 Å². The van der Waals surface area contributed by atoms with Gasteiger partial charge in [-0.25, -0.2) is 4.98 Å². The molecule has 0 unspecified atom stereocenters. The van der Waals surface area contributed by atoms with Crippen LogP contribution in [-0.4, -0.2) is 14.8 Å². The van der Waals surface area contributed by atoms with Crippen LogP contribution in [0.3, 0.4) is 0 Å². The molecule has 0 aliphatic rings. The third-order valence-corrected chi connectivity index (χ3v) is 3.54. The number of aromatic nitrogens is 3. The molecule has 2 rings (SSSR count). The monoisotopic (exact) mass is 251 g/mol. The maximum Gasteiger partial charge on any atom is 0.148 e. The molecule has 0 atom stereocenters. The fourth-order valence-electron chi connectivity index (χ4n) is 1.71. The molecular formula is C11H17N5S. The van der Waals surface area contributed by atoms with Gasteiger partial charge in [0.25, 0.3) is 0 Å². The van der Waals surface area contributed by atoms with Gasteiger partial charge in [-0.15, -0.1) is 11.3 Å². The molecule has 92 valence electrons. The van der Waals surface area contributed by atoms with E-state index in [0.29, 0.717) is 6.54 Å². The predicted molar refractivity (Wildman–Crippen MR) is 71.2 cm³/mol. The Morgan fingerprint density at radius 1 is 1.53 bits per heavy atom. The van der Waals surface area contributed by atoms with Crippen LogP contribution in [0.2, 0.25) is 0 Å². The topological polar surface area (TPSA) is 68.8 Å². The van der Waals surface area contributed by atoms with Gasteiger partial charge in [-0.05, 0) is 13.3 Å². The van der Waals surface area contributed by atoms with E-state index in [1.165, 1.54) is 0 Å². The lowest BCUT2D eigenvalue weighted by Crippen LogP contribution is -2.06. The first-order chi connectivity index (χ1) is 8.11. The van der Waals surface area contributed by atoms with Crippen molar-refractivity contribution in [2.45, 2.75) is 26.8 Å². The summed E-state index contributed by atoms with van der Waals surface area (Å²) >= 11 is 1.65. The van der Waals surface area contributed by atoms with Crippen molar-refractivity contribution >= 4 is 22.8 Å². The summed E-state index contributed by atoms with van der Waals surface area (Å²) in [7, 11) is 1.89. The molecule has 5 nitrogen and oxygen atoms in total. The molecule has 0 aromatic carbocycles. The Labute approximate surface area is 105 Å². The maximum atomic E-state index is 6.02. The molecule has 2 heterocycles. The van der Waals surface area contributed by atoms with Crippen molar-refractivity contribution in [1.29, 1.82) is 0 Å². The van der Waals surface area contributed by atoms with E-state index in [0.717, 1.165) is 34.3 Å². The molecule has 0 fully saturated rings. The van der Waals surface area contributed by atoms with Gasteiger partial charge in [0.15, 0.2) is 0 Å². The first kappa shape index (κ1) is 11.9. The Bertz CT molecular complexity index is 514. The van der Waals surface area contributed by atoms with Gasteiger partial charge in [-0.2, -0.15) is 5.10 Å². The molecule has 0 radical (unpaired) electrons. The van der Waals surface area contributed by atoms with Crippen LogP contribution < -0.4 is 11.1 Å². The number of rotatable bonds is 4. The number of hydrogen-bond donors (Lipinski definition) is 2. The molecule has 6 heteroatoms. The molecular weight excluding hydrogens is 234 g/mol. The second kappa shape index (κ2) is 4.75. The summed E-state index contributed by atoms with van der Waals surface area (Å²) < 4.78 is 1.79. The van der Waals surface area contributed by atoms with Gasteiger partial charge in [0.2, 0.25) is 0 Å². The molecule has 0 aliphatic carbocycles. The van der Waals surface area contributed by atoms with E-state index >= 15 is 0 Å². The summed E-state index contributed by atoms with van der Waals surface area (Å²) in [5.41, 5.74) is 8.75. The lowest BCUT2D eigenvalue weighted by Gasteiger charge is -2.05. The first-order valence-corrected chi connectivity index (χ1v) is 6.46. The second-order valence-electron chi connectivity index (χ2n) is 3.92. The van der Waals surface area contributed by atoms with Crippen molar-refractivity contribution < 1.29 is 0 Å². The summed E-state index contributed by atoms with van der Waals surface area (Å²) in [4.78, 5) is 4.40. The van der Waals surface area contributed by atoms with Gasteiger partial charge in [-0.1, -0.05) is 6.92 Å². The van der Waals surface area contributed by atoms with Crippen LogP contribution in [0, 0.1) is 6.92 Å². The standard InChI is InChI=1S/C11H17N5S/c1-4-8-10(12)11(16(3)15-8)13-5-9-14-7(2)6-17-9/h6,13H,4-5,12H2,1-3H3. The minimum Gasteiger partial charge on any atom is -0.394 e. The Morgan fingerprint density at radius 3 is 2.82 bits per heavy atom. The SMILES string of the molecule is CCc1nn(C)c(NCc2nc(C)cs2)c1N. The number of thiazole rings is 1. The van der Waals surface area contributed by atoms with Crippen molar-refractivity contribution in [3.8, 4) is 0 Å². The average Bonchev–Trinajstić information content (AvgIpc) is 2.82. The quantitative estimate of drug-likeness (QED) is 0.871. The number of anilines is 2. The van der Waals surface area contributed by atoms with Crippen LogP contribution in [0.25, 0.3) is 0 Å². The van der Waals surface area contributed by atoms with Crippen molar-refractivity contribution in [2.24, 2.45) is 7.05 Å². The zero-order valence-electron chi connectivity index (χ0n) is 10.3. The van der Waals surface area contributed by atoms with Gasteiger partial charge in [-0.3, -0.25) is 4.68 Å². The summed E-state index contributed by atoms with van der Waals surface area (Å²) in [6.07, 6.45) is 0.845. The number of nitrogen functional groups attached to an aromatic ring is 1. The van der Waals surface area contributed by atoms with E-state index in [-0.39, 0.29) is 0 Å². The van der Waals surface area contributed by atoms with E-state index < -0.39 is 0 Å². The van der Waals surface area contributed by atoms with E-state index in [4.69, 9.17) is 5.73 Å². The molecule has 0 spiro atoms. The van der Waals surface area contributed by atoms with Gasteiger partial charge >= 0.3 is 0 Å². The smallest absolute Gasteiger partial charge is 0.148 e. The molecule has 0 saturated carbocycles. The number of nitrogens with zero attached hydrogens (tertiary/aromatic N) is 3. The Balaban J connectivity index is 2.11. The molecule has 3 N–H and O–H groups in total. The van der Waals surface area contributed by atoms with Gasteiger partial charge < -0.3 is 11.1 Å².